The number of benzene rings is 2. The third-order valence-corrected chi connectivity index (χ3v) is 5.20. The smallest absolute Gasteiger partial charge is 0.262 e. The molecular formula is C21H21N3O3. The lowest BCUT2D eigenvalue weighted by molar-refractivity contribution is 0.0970. The normalized spacial score (nSPS) is 16.2. The molecular weight excluding hydrogens is 342 g/mol. The molecule has 4 rings (SSSR count). The molecule has 1 atom stereocenters. The Kier molecular flexibility index (Phi) is 4.11. The van der Waals surface area contributed by atoms with E-state index in [0.717, 1.165) is 41.0 Å². The molecule has 3 N–H and O–H groups in total. The molecule has 0 radical (unpaired) electrons. The number of anilines is 1. The summed E-state index contributed by atoms with van der Waals surface area (Å²) in [6.45, 7) is 3.89. The van der Waals surface area contributed by atoms with E-state index in [4.69, 9.17) is 0 Å². The zero-order chi connectivity index (χ0) is 19.1. The van der Waals surface area contributed by atoms with Crippen LogP contribution in [0.1, 0.15) is 45.3 Å². The minimum Gasteiger partial charge on any atom is -0.508 e. The molecule has 6 nitrogen and oxygen atoms in total. The van der Waals surface area contributed by atoms with Crippen molar-refractivity contribution in [2.75, 3.05) is 4.90 Å². The van der Waals surface area contributed by atoms with Gasteiger partial charge >= 0.3 is 0 Å². The second-order valence-electron chi connectivity index (χ2n) is 6.91. The molecule has 1 aliphatic rings. The van der Waals surface area contributed by atoms with Gasteiger partial charge in [-0.2, -0.15) is 5.10 Å². The van der Waals surface area contributed by atoms with Gasteiger partial charge in [-0.05, 0) is 50.5 Å². The first kappa shape index (κ1) is 17.1. The maximum absolute atomic E-state index is 13.5. The number of carbonyl (C=O) groups is 1. The van der Waals surface area contributed by atoms with Gasteiger partial charge in [0.25, 0.3) is 5.91 Å². The summed E-state index contributed by atoms with van der Waals surface area (Å²) < 4.78 is 0. The van der Waals surface area contributed by atoms with E-state index in [2.05, 4.69) is 10.2 Å². The fraction of sp³-hybridized carbons (Fsp3) is 0.238. The molecule has 1 amide bonds. The van der Waals surface area contributed by atoms with Crippen molar-refractivity contribution in [3.63, 3.8) is 0 Å². The zero-order valence-corrected chi connectivity index (χ0v) is 15.2. The lowest BCUT2D eigenvalue weighted by Gasteiger charge is -2.37. The van der Waals surface area contributed by atoms with Gasteiger partial charge in [-0.15, -0.1) is 0 Å². The number of fused-ring (bicyclic) bond motifs is 1. The van der Waals surface area contributed by atoms with Gasteiger partial charge in [0.2, 0.25) is 0 Å². The third kappa shape index (κ3) is 2.83. The Bertz CT molecular complexity index is 1010. The molecule has 27 heavy (non-hydrogen) atoms. The molecule has 6 heteroatoms. The van der Waals surface area contributed by atoms with Gasteiger partial charge < -0.3 is 15.1 Å². The topological polar surface area (TPSA) is 89.5 Å². The second kappa shape index (κ2) is 6.46. The van der Waals surface area contributed by atoms with Crippen molar-refractivity contribution in [2.45, 2.75) is 32.7 Å². The number of nitrogens with one attached hydrogen (secondary N) is 1. The Balaban J connectivity index is 1.87. The fourth-order valence-corrected chi connectivity index (χ4v) is 3.95. The third-order valence-electron chi connectivity index (χ3n) is 5.20. The highest BCUT2D eigenvalue weighted by Gasteiger charge is 2.35. The van der Waals surface area contributed by atoms with E-state index in [-0.39, 0.29) is 29.0 Å². The van der Waals surface area contributed by atoms with Gasteiger partial charge in [0, 0.05) is 23.0 Å². The van der Waals surface area contributed by atoms with Crippen LogP contribution in [0, 0.1) is 13.8 Å². The van der Waals surface area contributed by atoms with Gasteiger partial charge in [0.15, 0.2) is 0 Å². The van der Waals surface area contributed by atoms with Crippen molar-refractivity contribution in [2.24, 2.45) is 0 Å². The Morgan fingerprint density at radius 1 is 1.19 bits per heavy atom. The summed E-state index contributed by atoms with van der Waals surface area (Å²) in [5.41, 5.74) is 4.91. The van der Waals surface area contributed by atoms with Gasteiger partial charge in [0.05, 0.1) is 17.3 Å². The largest absolute Gasteiger partial charge is 0.508 e. The van der Waals surface area contributed by atoms with E-state index in [1.54, 1.807) is 4.90 Å². The summed E-state index contributed by atoms with van der Waals surface area (Å²) in [5.74, 6) is -0.617. The predicted molar refractivity (Wildman–Crippen MR) is 102 cm³/mol. The number of para-hydroxylation sites is 1. The summed E-state index contributed by atoms with van der Waals surface area (Å²) in [6.07, 6.45) is 1.62. The number of aromatic hydroxyl groups is 2. The molecule has 0 fully saturated rings. The monoisotopic (exact) mass is 363 g/mol. The van der Waals surface area contributed by atoms with Crippen LogP contribution in [0.3, 0.4) is 0 Å². The highest BCUT2D eigenvalue weighted by atomic mass is 16.3. The summed E-state index contributed by atoms with van der Waals surface area (Å²) in [5, 5.41) is 27.1. The SMILES string of the molecule is Cc1n[nH]c(C)c1C1CCc2ccccc2N1C(=O)c1ccc(O)cc1O. The zero-order valence-electron chi connectivity index (χ0n) is 15.2. The minimum absolute atomic E-state index is 0.0823. The van der Waals surface area contributed by atoms with Gasteiger partial charge in [0.1, 0.15) is 11.5 Å². The maximum Gasteiger partial charge on any atom is 0.262 e. The summed E-state index contributed by atoms with van der Waals surface area (Å²) in [6, 6.07) is 11.7. The predicted octanol–water partition coefficient (Wildman–Crippen LogP) is 3.77. The van der Waals surface area contributed by atoms with E-state index in [1.807, 2.05) is 38.1 Å². The Morgan fingerprint density at radius 3 is 2.67 bits per heavy atom. The number of hydrogen-bond donors (Lipinski definition) is 3. The van der Waals surface area contributed by atoms with E-state index in [1.165, 1.54) is 18.2 Å². The molecule has 3 aromatic rings. The molecule has 0 saturated carbocycles. The molecule has 138 valence electrons. The summed E-state index contributed by atoms with van der Waals surface area (Å²) in [4.78, 5) is 15.2. The lowest BCUT2D eigenvalue weighted by atomic mass is 9.89. The first-order valence-corrected chi connectivity index (χ1v) is 8.92. The first-order valence-electron chi connectivity index (χ1n) is 8.92. The Morgan fingerprint density at radius 2 is 1.96 bits per heavy atom. The molecule has 1 aromatic heterocycles. The van der Waals surface area contributed by atoms with Gasteiger partial charge in [-0.3, -0.25) is 9.89 Å². The second-order valence-corrected chi connectivity index (χ2v) is 6.91. The van der Waals surface area contributed by atoms with E-state index in [9.17, 15) is 15.0 Å². The number of rotatable bonds is 2. The van der Waals surface area contributed by atoms with Crippen molar-refractivity contribution in [1.29, 1.82) is 0 Å². The number of aromatic amines is 1. The molecule has 0 saturated heterocycles. The van der Waals surface area contributed by atoms with Crippen molar-refractivity contribution >= 4 is 11.6 Å². The fourth-order valence-electron chi connectivity index (χ4n) is 3.95. The lowest BCUT2D eigenvalue weighted by Crippen LogP contribution is -2.39. The quantitative estimate of drug-likeness (QED) is 0.646. The van der Waals surface area contributed by atoms with Crippen LogP contribution in [-0.2, 0) is 6.42 Å². The number of phenols is 2. The van der Waals surface area contributed by atoms with E-state index < -0.39 is 0 Å². The van der Waals surface area contributed by atoms with Crippen molar-refractivity contribution in [1.82, 2.24) is 10.2 Å². The highest BCUT2D eigenvalue weighted by Crippen LogP contribution is 2.41. The number of aromatic nitrogens is 2. The number of hydrogen-bond acceptors (Lipinski definition) is 4. The average Bonchev–Trinajstić information content (AvgIpc) is 2.98. The minimum atomic E-state index is -0.301. The summed E-state index contributed by atoms with van der Waals surface area (Å²) in [7, 11) is 0. The molecule has 0 bridgehead atoms. The number of carbonyl (C=O) groups excluding carboxylic acids is 1. The molecule has 1 aliphatic heterocycles. The van der Waals surface area contributed by atoms with Crippen molar-refractivity contribution in [3.8, 4) is 11.5 Å². The van der Waals surface area contributed by atoms with Crippen LogP contribution in [0.25, 0.3) is 0 Å². The van der Waals surface area contributed by atoms with Crippen LogP contribution in [0.15, 0.2) is 42.5 Å². The number of amides is 1. The van der Waals surface area contributed by atoms with Crippen LogP contribution in [0.4, 0.5) is 5.69 Å². The van der Waals surface area contributed by atoms with E-state index in [0.29, 0.717) is 0 Å². The number of nitrogens with zero attached hydrogens (tertiary/aromatic N) is 2. The summed E-state index contributed by atoms with van der Waals surface area (Å²) >= 11 is 0. The Hall–Kier alpha value is -3.28. The molecule has 1 unspecified atom stereocenters. The Labute approximate surface area is 157 Å². The van der Waals surface area contributed by atoms with Crippen LogP contribution >= 0.6 is 0 Å². The van der Waals surface area contributed by atoms with Crippen LogP contribution < -0.4 is 4.90 Å². The van der Waals surface area contributed by atoms with Gasteiger partial charge in [-0.1, -0.05) is 18.2 Å². The van der Waals surface area contributed by atoms with Gasteiger partial charge in [-0.25, -0.2) is 0 Å². The van der Waals surface area contributed by atoms with Crippen molar-refractivity contribution in [3.05, 3.63) is 70.5 Å². The van der Waals surface area contributed by atoms with E-state index >= 15 is 0 Å². The van der Waals surface area contributed by atoms with Crippen LogP contribution in [-0.4, -0.2) is 26.3 Å². The van der Waals surface area contributed by atoms with Crippen molar-refractivity contribution < 1.29 is 15.0 Å². The van der Waals surface area contributed by atoms with Crippen LogP contribution in [0.5, 0.6) is 11.5 Å². The molecule has 2 heterocycles. The molecule has 0 spiro atoms. The number of aryl methyl sites for hydroxylation is 3. The first-order chi connectivity index (χ1) is 13.0. The number of phenolic OH excluding ortho intramolecular Hbond substituents is 2. The maximum atomic E-state index is 13.5. The standard InChI is InChI=1S/C21H21N3O3/c1-12-20(13(2)23-22-12)18-10-7-14-5-3-4-6-17(14)24(18)21(27)16-9-8-15(25)11-19(16)26/h3-6,8-9,11,18,25-26H,7,10H2,1-2H3,(H,22,23). The molecule has 0 aliphatic carbocycles. The number of H-pyrrole nitrogens is 1. The molecule has 2 aromatic carbocycles. The highest BCUT2D eigenvalue weighted by molar-refractivity contribution is 6.09. The van der Waals surface area contributed by atoms with Crippen LogP contribution in [0.2, 0.25) is 0 Å². The average molecular weight is 363 g/mol.